The van der Waals surface area contributed by atoms with Gasteiger partial charge in [0.15, 0.2) is 5.65 Å². The van der Waals surface area contributed by atoms with Crippen molar-refractivity contribution in [1.29, 1.82) is 0 Å². The van der Waals surface area contributed by atoms with Crippen LogP contribution in [0.3, 0.4) is 0 Å². The predicted molar refractivity (Wildman–Crippen MR) is 130 cm³/mol. The molecule has 5 aromatic rings. The Bertz CT molecular complexity index is 1390. The zero-order valence-electron chi connectivity index (χ0n) is 18.0. The molecule has 3 aromatic heterocycles. The molecule has 0 spiro atoms. The largest absolute Gasteiger partial charge is 0.378 e. The van der Waals surface area contributed by atoms with E-state index in [0.29, 0.717) is 0 Å². The van der Waals surface area contributed by atoms with Crippen LogP contribution in [0.2, 0.25) is 0 Å². The number of imidazole rings is 1. The number of anilines is 3. The van der Waals surface area contributed by atoms with Gasteiger partial charge in [-0.25, -0.2) is 4.98 Å². The van der Waals surface area contributed by atoms with E-state index in [1.165, 1.54) is 22.2 Å². The van der Waals surface area contributed by atoms with Gasteiger partial charge in [-0.1, -0.05) is 12.1 Å². The zero-order chi connectivity index (χ0) is 21.5. The normalized spacial score (nSPS) is 14.3. The molecule has 1 saturated heterocycles. The molecule has 0 saturated carbocycles. The third-order valence-electron chi connectivity index (χ3n) is 6.28. The van der Waals surface area contributed by atoms with E-state index in [4.69, 9.17) is 4.74 Å². The molecule has 1 fully saturated rings. The van der Waals surface area contributed by atoms with E-state index < -0.39 is 0 Å². The van der Waals surface area contributed by atoms with Crippen molar-refractivity contribution in [3.8, 4) is 11.3 Å². The van der Waals surface area contributed by atoms with Gasteiger partial charge in [0.25, 0.3) is 0 Å². The Kier molecular flexibility index (Phi) is 4.58. The molecule has 4 heterocycles. The number of ether oxygens (including phenoxy) is 1. The summed E-state index contributed by atoms with van der Waals surface area (Å²) in [5, 5.41) is 4.79. The highest BCUT2D eigenvalue weighted by Gasteiger charge is 2.13. The van der Waals surface area contributed by atoms with Crippen molar-refractivity contribution in [1.82, 2.24) is 14.0 Å². The lowest BCUT2D eigenvalue weighted by Gasteiger charge is -2.29. The molecule has 0 bridgehead atoms. The summed E-state index contributed by atoms with van der Waals surface area (Å²) in [6.45, 7) is 3.47. The van der Waals surface area contributed by atoms with Crippen molar-refractivity contribution in [2.24, 2.45) is 7.05 Å². The lowest BCUT2D eigenvalue weighted by molar-refractivity contribution is 0.122. The second-order valence-electron chi connectivity index (χ2n) is 8.19. The summed E-state index contributed by atoms with van der Waals surface area (Å²) in [6, 6.07) is 21.5. The highest BCUT2D eigenvalue weighted by atomic mass is 16.5. The van der Waals surface area contributed by atoms with Crippen LogP contribution in [0.25, 0.3) is 27.8 Å². The van der Waals surface area contributed by atoms with Crippen LogP contribution < -0.4 is 10.2 Å². The van der Waals surface area contributed by atoms with Gasteiger partial charge < -0.3 is 19.5 Å². The average molecular weight is 424 g/mol. The van der Waals surface area contributed by atoms with Crippen LogP contribution in [0.15, 0.2) is 79.3 Å². The maximum absolute atomic E-state index is 5.46. The Morgan fingerprint density at radius 3 is 2.59 bits per heavy atom. The SMILES string of the molecule is Cn1ccc2c(-c3ccc(Nc4ccc(N5CCOCC5)cc4)c4nccn34)cccc21. The Hall–Kier alpha value is -3.77. The molecule has 1 aliphatic rings. The smallest absolute Gasteiger partial charge is 0.161 e. The average Bonchev–Trinajstić information content (AvgIpc) is 3.48. The number of hydrogen-bond donors (Lipinski definition) is 1. The highest BCUT2D eigenvalue weighted by molar-refractivity contribution is 5.95. The standard InChI is InChI=1S/C26H25N5O/c1-29-13-11-22-21(3-2-4-24(22)29)25-10-9-23(26-27-12-14-31(25)26)28-19-5-7-20(8-6-19)30-15-17-32-18-16-30/h2-14,28H,15-18H2,1H3. The van der Waals surface area contributed by atoms with Gasteiger partial charge in [-0.05, 0) is 48.5 Å². The topological polar surface area (TPSA) is 46.7 Å². The second-order valence-corrected chi connectivity index (χ2v) is 8.19. The van der Waals surface area contributed by atoms with Crippen molar-refractivity contribution < 1.29 is 4.74 Å². The Morgan fingerprint density at radius 1 is 0.906 bits per heavy atom. The number of rotatable bonds is 4. The summed E-state index contributed by atoms with van der Waals surface area (Å²) in [4.78, 5) is 7.01. The van der Waals surface area contributed by atoms with Crippen molar-refractivity contribution in [3.05, 3.63) is 79.3 Å². The molecule has 0 amide bonds. The van der Waals surface area contributed by atoms with Crippen molar-refractivity contribution in [3.63, 3.8) is 0 Å². The van der Waals surface area contributed by atoms with Crippen molar-refractivity contribution in [2.45, 2.75) is 0 Å². The summed E-state index contributed by atoms with van der Waals surface area (Å²) in [5.74, 6) is 0. The minimum atomic E-state index is 0.793. The molecule has 160 valence electrons. The highest BCUT2D eigenvalue weighted by Crippen LogP contribution is 2.32. The maximum atomic E-state index is 5.46. The lowest BCUT2D eigenvalue weighted by Crippen LogP contribution is -2.36. The van der Waals surface area contributed by atoms with Crippen LogP contribution in [0.5, 0.6) is 0 Å². The molecule has 0 unspecified atom stereocenters. The Labute approximate surface area is 186 Å². The fourth-order valence-electron chi connectivity index (χ4n) is 4.59. The summed E-state index contributed by atoms with van der Waals surface area (Å²) >= 11 is 0. The first-order valence-corrected chi connectivity index (χ1v) is 11.0. The van der Waals surface area contributed by atoms with Crippen molar-refractivity contribution >= 4 is 33.6 Å². The molecule has 32 heavy (non-hydrogen) atoms. The van der Waals surface area contributed by atoms with E-state index in [1.807, 2.05) is 12.4 Å². The summed E-state index contributed by atoms with van der Waals surface area (Å²) in [6.07, 6.45) is 5.99. The second kappa shape index (κ2) is 7.73. The number of morpholine rings is 1. The molecule has 1 N–H and O–H groups in total. The Morgan fingerprint density at radius 2 is 1.75 bits per heavy atom. The lowest BCUT2D eigenvalue weighted by atomic mass is 10.1. The third-order valence-corrected chi connectivity index (χ3v) is 6.28. The van der Waals surface area contributed by atoms with E-state index in [1.54, 1.807) is 0 Å². The van der Waals surface area contributed by atoms with E-state index in [-0.39, 0.29) is 0 Å². The number of nitrogens with zero attached hydrogens (tertiary/aromatic N) is 4. The monoisotopic (exact) mass is 423 g/mol. The van der Waals surface area contributed by atoms with E-state index in [0.717, 1.165) is 49.0 Å². The van der Waals surface area contributed by atoms with Gasteiger partial charge in [0, 0.05) is 66.6 Å². The number of pyridine rings is 1. The molecule has 6 nitrogen and oxygen atoms in total. The summed E-state index contributed by atoms with van der Waals surface area (Å²) < 4.78 is 9.77. The van der Waals surface area contributed by atoms with Crippen LogP contribution in [0, 0.1) is 0 Å². The molecular weight excluding hydrogens is 398 g/mol. The van der Waals surface area contributed by atoms with Crippen LogP contribution >= 0.6 is 0 Å². The number of benzene rings is 2. The van der Waals surface area contributed by atoms with Crippen LogP contribution in [0.1, 0.15) is 0 Å². The predicted octanol–water partition coefficient (Wildman–Crippen LogP) is 5.07. The molecule has 1 aliphatic heterocycles. The van der Waals surface area contributed by atoms with Gasteiger partial charge in [0.05, 0.1) is 24.6 Å². The number of hydrogen-bond acceptors (Lipinski definition) is 4. The van der Waals surface area contributed by atoms with Crippen LogP contribution in [0.4, 0.5) is 17.1 Å². The number of fused-ring (bicyclic) bond motifs is 2. The van der Waals surface area contributed by atoms with Gasteiger partial charge in [0.1, 0.15) is 0 Å². The fraction of sp³-hybridized carbons (Fsp3) is 0.192. The molecule has 6 heteroatoms. The molecule has 6 rings (SSSR count). The van der Waals surface area contributed by atoms with E-state index in [9.17, 15) is 0 Å². The minimum absolute atomic E-state index is 0.793. The Balaban J connectivity index is 1.34. The number of nitrogens with one attached hydrogen (secondary N) is 1. The molecule has 2 aromatic carbocycles. The van der Waals surface area contributed by atoms with Gasteiger partial charge in [-0.15, -0.1) is 0 Å². The number of aromatic nitrogens is 3. The summed E-state index contributed by atoms with van der Waals surface area (Å²) in [5.41, 5.74) is 7.72. The van der Waals surface area contributed by atoms with Crippen molar-refractivity contribution in [2.75, 3.05) is 36.5 Å². The first kappa shape index (κ1) is 19.0. The minimum Gasteiger partial charge on any atom is -0.378 e. The fourth-order valence-corrected chi connectivity index (χ4v) is 4.59. The maximum Gasteiger partial charge on any atom is 0.161 e. The number of aryl methyl sites for hydroxylation is 1. The molecule has 0 atom stereocenters. The van der Waals surface area contributed by atoms with Gasteiger partial charge in [-0.2, -0.15) is 0 Å². The molecule has 0 aliphatic carbocycles. The summed E-state index contributed by atoms with van der Waals surface area (Å²) in [7, 11) is 2.08. The first-order chi connectivity index (χ1) is 15.8. The van der Waals surface area contributed by atoms with E-state index >= 15 is 0 Å². The van der Waals surface area contributed by atoms with Crippen LogP contribution in [-0.2, 0) is 11.8 Å². The van der Waals surface area contributed by atoms with Crippen LogP contribution in [-0.4, -0.2) is 40.3 Å². The van der Waals surface area contributed by atoms with Gasteiger partial charge >= 0.3 is 0 Å². The zero-order valence-corrected chi connectivity index (χ0v) is 18.0. The van der Waals surface area contributed by atoms with E-state index in [2.05, 4.69) is 98.1 Å². The first-order valence-electron chi connectivity index (χ1n) is 11.0. The molecule has 0 radical (unpaired) electrons. The van der Waals surface area contributed by atoms with Gasteiger partial charge in [-0.3, -0.25) is 4.40 Å². The van der Waals surface area contributed by atoms with Gasteiger partial charge in [0.2, 0.25) is 0 Å². The third kappa shape index (κ3) is 3.20. The quantitative estimate of drug-likeness (QED) is 0.438. The molecular formula is C26H25N5O.